The first-order chi connectivity index (χ1) is 15.7. The van der Waals surface area contributed by atoms with Crippen molar-refractivity contribution in [3.8, 4) is 0 Å². The van der Waals surface area contributed by atoms with Gasteiger partial charge in [0.1, 0.15) is 0 Å². The van der Waals surface area contributed by atoms with E-state index in [4.69, 9.17) is 16.6 Å². The summed E-state index contributed by atoms with van der Waals surface area (Å²) in [5.74, 6) is 0.715. The van der Waals surface area contributed by atoms with Crippen LogP contribution in [0.3, 0.4) is 0 Å². The van der Waals surface area contributed by atoms with Gasteiger partial charge in [-0.15, -0.1) is 24.8 Å². The Bertz CT molecular complexity index is 1060. The molecule has 2 nitrogen and oxygen atoms in total. The minimum atomic E-state index is -0.0711. The molecule has 1 unspecified atom stereocenters. The highest BCUT2D eigenvalue weighted by Gasteiger charge is 2.37. The molecular weight excluding hydrogens is 483 g/mol. The number of fused-ring (bicyclic) bond motifs is 1. The Labute approximate surface area is 221 Å². The number of nitrogens with zero attached hydrogens (tertiary/aromatic N) is 2. The third-order valence-corrected chi connectivity index (χ3v) is 7.65. The van der Waals surface area contributed by atoms with E-state index in [1.54, 1.807) is 0 Å². The molecule has 0 N–H and O–H groups in total. The monoisotopic (exact) mass is 514 g/mol. The maximum absolute atomic E-state index is 6.22. The van der Waals surface area contributed by atoms with Crippen LogP contribution in [0.15, 0.2) is 83.9 Å². The van der Waals surface area contributed by atoms with Crippen LogP contribution >= 0.6 is 36.4 Å². The third kappa shape index (κ3) is 5.69. The summed E-state index contributed by atoms with van der Waals surface area (Å²) >= 11 is 6.22. The zero-order valence-electron chi connectivity index (χ0n) is 19.4. The fraction of sp³-hybridized carbons (Fsp3) is 0.345. The number of piperidine rings is 1. The van der Waals surface area contributed by atoms with E-state index in [-0.39, 0.29) is 30.2 Å². The van der Waals surface area contributed by atoms with E-state index in [1.807, 2.05) is 18.3 Å². The van der Waals surface area contributed by atoms with Crippen molar-refractivity contribution < 1.29 is 0 Å². The summed E-state index contributed by atoms with van der Waals surface area (Å²) in [6.45, 7) is 4.36. The van der Waals surface area contributed by atoms with Crippen molar-refractivity contribution in [1.29, 1.82) is 0 Å². The second-order valence-electron chi connectivity index (χ2n) is 9.28. The Balaban J connectivity index is 0.00000162. The molecule has 34 heavy (non-hydrogen) atoms. The predicted molar refractivity (Wildman–Crippen MR) is 150 cm³/mol. The van der Waals surface area contributed by atoms with Crippen LogP contribution in [0.1, 0.15) is 53.9 Å². The first-order valence-electron chi connectivity index (χ1n) is 11.9. The van der Waals surface area contributed by atoms with E-state index in [2.05, 4.69) is 71.6 Å². The lowest BCUT2D eigenvalue weighted by atomic mass is 9.69. The lowest BCUT2D eigenvalue weighted by Gasteiger charge is -2.38. The molecular formula is C29H33Cl3N2. The molecule has 2 heterocycles. The standard InChI is InChI=1S/C29H31ClN2.2ClH/c30-27-13-11-26(12-14-27)29(22-31-21-25-9-4-5-10-28(25)29)17-6-18-32-19-15-24(16-20-32)23-7-2-1-3-8-23;;/h1-5,7-14,21,24H,6,15-20,22H2;2*1H. The number of likely N-dealkylation sites (tertiary alicyclic amines) is 1. The number of hydrogen-bond acceptors (Lipinski definition) is 2. The SMILES string of the molecule is Cl.Cl.Clc1ccc(C2(CCCN3CCC(c4ccccc4)CC3)CN=Cc3ccccc32)cc1. The minimum absolute atomic E-state index is 0. The van der Waals surface area contributed by atoms with Crippen molar-refractivity contribution in [2.45, 2.75) is 37.0 Å². The number of halogens is 3. The molecule has 0 radical (unpaired) electrons. The molecule has 0 saturated carbocycles. The van der Waals surface area contributed by atoms with Gasteiger partial charge in [-0.2, -0.15) is 0 Å². The van der Waals surface area contributed by atoms with Crippen LogP contribution < -0.4 is 0 Å². The molecule has 1 saturated heterocycles. The fourth-order valence-corrected chi connectivity index (χ4v) is 5.75. The first kappa shape index (κ1) is 26.8. The highest BCUT2D eigenvalue weighted by atomic mass is 35.5. The fourth-order valence-electron chi connectivity index (χ4n) is 5.62. The van der Waals surface area contributed by atoms with Crippen LogP contribution in [-0.4, -0.2) is 37.3 Å². The highest BCUT2D eigenvalue weighted by molar-refractivity contribution is 6.30. The van der Waals surface area contributed by atoms with Gasteiger partial charge in [0.25, 0.3) is 0 Å². The smallest absolute Gasteiger partial charge is 0.0527 e. The Morgan fingerprint density at radius 2 is 1.53 bits per heavy atom. The zero-order chi connectivity index (χ0) is 21.8. The quantitative estimate of drug-likeness (QED) is 0.331. The van der Waals surface area contributed by atoms with Crippen molar-refractivity contribution in [1.82, 2.24) is 4.90 Å². The molecule has 0 aliphatic carbocycles. The van der Waals surface area contributed by atoms with E-state index >= 15 is 0 Å². The summed E-state index contributed by atoms with van der Waals surface area (Å²) in [6, 6.07) is 28.2. The summed E-state index contributed by atoms with van der Waals surface area (Å²) in [4.78, 5) is 7.47. The normalized spacial score (nSPS) is 20.1. The zero-order valence-corrected chi connectivity index (χ0v) is 21.8. The van der Waals surface area contributed by atoms with Crippen LogP contribution in [0.4, 0.5) is 0 Å². The van der Waals surface area contributed by atoms with Crippen molar-refractivity contribution in [3.63, 3.8) is 0 Å². The van der Waals surface area contributed by atoms with Crippen molar-refractivity contribution in [2.24, 2.45) is 4.99 Å². The molecule has 1 atom stereocenters. The van der Waals surface area contributed by atoms with Gasteiger partial charge in [-0.25, -0.2) is 0 Å². The van der Waals surface area contributed by atoms with Crippen LogP contribution in [0.25, 0.3) is 0 Å². The van der Waals surface area contributed by atoms with E-state index in [1.165, 1.54) is 54.6 Å². The predicted octanol–water partition coefficient (Wildman–Crippen LogP) is 7.56. The summed E-state index contributed by atoms with van der Waals surface area (Å²) in [7, 11) is 0. The number of hydrogen-bond donors (Lipinski definition) is 0. The molecule has 0 aromatic heterocycles. The van der Waals surface area contributed by atoms with Gasteiger partial charge in [-0.05, 0) is 85.6 Å². The van der Waals surface area contributed by atoms with Gasteiger partial charge in [0, 0.05) is 16.7 Å². The number of benzene rings is 3. The van der Waals surface area contributed by atoms with Gasteiger partial charge >= 0.3 is 0 Å². The summed E-state index contributed by atoms with van der Waals surface area (Å²) in [5, 5.41) is 0.790. The molecule has 0 amide bonds. The molecule has 180 valence electrons. The lowest BCUT2D eigenvalue weighted by molar-refractivity contribution is 0.204. The Kier molecular flexibility index (Phi) is 9.62. The van der Waals surface area contributed by atoms with Gasteiger partial charge in [0.15, 0.2) is 0 Å². The summed E-state index contributed by atoms with van der Waals surface area (Å²) in [6.07, 6.45) is 6.83. The van der Waals surface area contributed by atoms with Crippen molar-refractivity contribution in [2.75, 3.05) is 26.2 Å². The summed E-state index contributed by atoms with van der Waals surface area (Å²) < 4.78 is 0. The molecule has 5 rings (SSSR count). The number of rotatable bonds is 6. The molecule has 2 aliphatic heterocycles. The van der Waals surface area contributed by atoms with Crippen molar-refractivity contribution in [3.05, 3.63) is 106 Å². The van der Waals surface area contributed by atoms with Crippen LogP contribution in [-0.2, 0) is 5.41 Å². The summed E-state index contributed by atoms with van der Waals surface area (Å²) in [5.41, 5.74) is 5.41. The molecule has 3 aromatic rings. The van der Waals surface area contributed by atoms with E-state index in [9.17, 15) is 0 Å². The van der Waals surface area contributed by atoms with Gasteiger partial charge in [0.2, 0.25) is 0 Å². The molecule has 5 heteroatoms. The van der Waals surface area contributed by atoms with Crippen LogP contribution in [0, 0.1) is 0 Å². The van der Waals surface area contributed by atoms with E-state index < -0.39 is 0 Å². The van der Waals surface area contributed by atoms with Crippen LogP contribution in [0.2, 0.25) is 5.02 Å². The van der Waals surface area contributed by atoms with Crippen molar-refractivity contribution >= 4 is 42.6 Å². The number of aliphatic imine (C=N–C) groups is 1. The minimum Gasteiger partial charge on any atom is -0.303 e. The van der Waals surface area contributed by atoms with Gasteiger partial charge in [-0.3, -0.25) is 4.99 Å². The average molecular weight is 516 g/mol. The molecule has 0 bridgehead atoms. The second-order valence-corrected chi connectivity index (χ2v) is 9.71. The van der Waals surface area contributed by atoms with Gasteiger partial charge < -0.3 is 4.90 Å². The molecule has 3 aromatic carbocycles. The Hall–Kier alpha value is -1.84. The largest absolute Gasteiger partial charge is 0.303 e. The molecule has 1 fully saturated rings. The Morgan fingerprint density at radius 1 is 0.853 bits per heavy atom. The highest BCUT2D eigenvalue weighted by Crippen LogP contribution is 2.41. The topological polar surface area (TPSA) is 15.6 Å². The second kappa shape index (κ2) is 12.2. The lowest BCUT2D eigenvalue weighted by Crippen LogP contribution is -2.37. The molecule has 2 aliphatic rings. The maximum Gasteiger partial charge on any atom is 0.0527 e. The van der Waals surface area contributed by atoms with E-state index in [0.717, 1.165) is 24.5 Å². The Morgan fingerprint density at radius 3 is 2.26 bits per heavy atom. The first-order valence-corrected chi connectivity index (χ1v) is 12.3. The maximum atomic E-state index is 6.22. The van der Waals surface area contributed by atoms with E-state index in [0.29, 0.717) is 5.92 Å². The average Bonchev–Trinajstić information content (AvgIpc) is 2.85. The third-order valence-electron chi connectivity index (χ3n) is 7.40. The van der Waals surface area contributed by atoms with Gasteiger partial charge in [-0.1, -0.05) is 78.3 Å². The van der Waals surface area contributed by atoms with Crippen LogP contribution in [0.5, 0.6) is 0 Å². The molecule has 0 spiro atoms. The van der Waals surface area contributed by atoms with Gasteiger partial charge in [0.05, 0.1) is 6.54 Å².